The topological polar surface area (TPSA) is 65.6 Å². The third kappa shape index (κ3) is 3.19. The van der Waals surface area contributed by atoms with Crippen molar-refractivity contribution in [2.75, 3.05) is 33.3 Å². The highest BCUT2D eigenvalue weighted by Crippen LogP contribution is 2.29. The van der Waals surface area contributed by atoms with Crippen LogP contribution in [0.5, 0.6) is 5.75 Å². The number of aromatic amines is 1. The second kappa shape index (κ2) is 7.23. The summed E-state index contributed by atoms with van der Waals surface area (Å²) in [7, 11) is 1.65. The molecule has 0 spiro atoms. The zero-order chi connectivity index (χ0) is 18.8. The standard InChI is InChI=1S/C20H25N3O3/c1-13-12-16(14(2)15(3)18(13)26-4)19(24)22-8-10-23(11-9-22)20(25)17-6-5-7-21-17/h5-7,12,21H,8-11H2,1-4H3. The number of piperazine rings is 1. The average Bonchev–Trinajstić information content (AvgIpc) is 3.19. The van der Waals surface area contributed by atoms with E-state index in [1.54, 1.807) is 24.3 Å². The minimum atomic E-state index is -0.0191. The number of nitrogens with zero attached hydrogens (tertiary/aromatic N) is 2. The van der Waals surface area contributed by atoms with E-state index in [1.807, 2.05) is 37.8 Å². The van der Waals surface area contributed by atoms with E-state index in [9.17, 15) is 9.59 Å². The van der Waals surface area contributed by atoms with Crippen molar-refractivity contribution in [3.8, 4) is 5.75 Å². The Morgan fingerprint density at radius 3 is 2.15 bits per heavy atom. The van der Waals surface area contributed by atoms with Gasteiger partial charge in [-0.25, -0.2) is 0 Å². The fourth-order valence-electron chi connectivity index (χ4n) is 3.51. The van der Waals surface area contributed by atoms with E-state index in [1.165, 1.54) is 0 Å². The molecule has 1 aliphatic heterocycles. The zero-order valence-corrected chi connectivity index (χ0v) is 15.8. The van der Waals surface area contributed by atoms with Gasteiger partial charge in [-0.1, -0.05) is 0 Å². The van der Waals surface area contributed by atoms with Crippen LogP contribution in [0.2, 0.25) is 0 Å². The number of carbonyl (C=O) groups is 2. The first-order valence-electron chi connectivity index (χ1n) is 8.80. The second-order valence-corrected chi connectivity index (χ2v) is 6.69. The summed E-state index contributed by atoms with van der Waals surface area (Å²) in [6.45, 7) is 8.03. The molecule has 0 bridgehead atoms. The van der Waals surface area contributed by atoms with Crippen molar-refractivity contribution in [2.45, 2.75) is 20.8 Å². The van der Waals surface area contributed by atoms with Gasteiger partial charge in [-0.3, -0.25) is 9.59 Å². The Morgan fingerprint density at radius 2 is 1.62 bits per heavy atom. The SMILES string of the molecule is COc1c(C)cc(C(=O)N2CCN(C(=O)c3ccc[nH]3)CC2)c(C)c1C. The minimum Gasteiger partial charge on any atom is -0.496 e. The quantitative estimate of drug-likeness (QED) is 0.920. The van der Waals surface area contributed by atoms with Crippen molar-refractivity contribution < 1.29 is 14.3 Å². The Hall–Kier alpha value is -2.76. The van der Waals surface area contributed by atoms with Gasteiger partial charge in [-0.2, -0.15) is 0 Å². The molecular weight excluding hydrogens is 330 g/mol. The van der Waals surface area contributed by atoms with Gasteiger partial charge >= 0.3 is 0 Å². The van der Waals surface area contributed by atoms with Gasteiger partial charge in [-0.15, -0.1) is 0 Å². The van der Waals surface area contributed by atoms with Gasteiger partial charge in [0.2, 0.25) is 0 Å². The summed E-state index contributed by atoms with van der Waals surface area (Å²) in [5.41, 5.74) is 4.20. The molecule has 0 radical (unpaired) electrons. The molecule has 1 saturated heterocycles. The van der Waals surface area contributed by atoms with E-state index < -0.39 is 0 Å². The minimum absolute atomic E-state index is 0.0170. The number of amides is 2. The maximum atomic E-state index is 13.0. The Kier molecular flexibility index (Phi) is 5.02. The molecule has 6 nitrogen and oxygen atoms in total. The van der Waals surface area contributed by atoms with Crippen LogP contribution in [0.25, 0.3) is 0 Å². The number of hydrogen-bond donors (Lipinski definition) is 1. The van der Waals surface area contributed by atoms with Crippen LogP contribution in [0.3, 0.4) is 0 Å². The summed E-state index contributed by atoms with van der Waals surface area (Å²) in [6.07, 6.45) is 1.74. The maximum Gasteiger partial charge on any atom is 0.270 e. The summed E-state index contributed by atoms with van der Waals surface area (Å²) in [6, 6.07) is 5.48. The summed E-state index contributed by atoms with van der Waals surface area (Å²) < 4.78 is 5.44. The molecule has 6 heteroatoms. The van der Waals surface area contributed by atoms with Crippen molar-refractivity contribution >= 4 is 11.8 Å². The molecule has 1 fully saturated rings. The second-order valence-electron chi connectivity index (χ2n) is 6.69. The van der Waals surface area contributed by atoms with Gasteiger partial charge in [0.25, 0.3) is 11.8 Å². The van der Waals surface area contributed by atoms with Crippen molar-refractivity contribution in [2.24, 2.45) is 0 Å². The Balaban J connectivity index is 1.72. The van der Waals surface area contributed by atoms with Crippen LogP contribution in [-0.2, 0) is 0 Å². The lowest BCUT2D eigenvalue weighted by Crippen LogP contribution is -2.50. The highest BCUT2D eigenvalue weighted by molar-refractivity contribution is 5.97. The van der Waals surface area contributed by atoms with Gasteiger partial charge in [0.05, 0.1) is 7.11 Å². The molecule has 2 heterocycles. The van der Waals surface area contributed by atoms with E-state index in [0.29, 0.717) is 37.4 Å². The van der Waals surface area contributed by atoms with Crippen LogP contribution in [0.4, 0.5) is 0 Å². The molecule has 2 aromatic rings. The number of H-pyrrole nitrogens is 1. The van der Waals surface area contributed by atoms with E-state index >= 15 is 0 Å². The largest absolute Gasteiger partial charge is 0.496 e. The van der Waals surface area contributed by atoms with Gasteiger partial charge in [-0.05, 0) is 55.7 Å². The predicted octanol–water partition coefficient (Wildman–Crippen LogP) is 2.55. The lowest BCUT2D eigenvalue weighted by Gasteiger charge is -2.35. The zero-order valence-electron chi connectivity index (χ0n) is 15.8. The van der Waals surface area contributed by atoms with Crippen molar-refractivity contribution in [1.82, 2.24) is 14.8 Å². The van der Waals surface area contributed by atoms with Crippen LogP contribution in [0.1, 0.15) is 37.5 Å². The van der Waals surface area contributed by atoms with Crippen LogP contribution < -0.4 is 4.74 Å². The Bertz CT molecular complexity index is 819. The van der Waals surface area contributed by atoms with Gasteiger partial charge in [0, 0.05) is 37.9 Å². The highest BCUT2D eigenvalue weighted by atomic mass is 16.5. The highest BCUT2D eigenvalue weighted by Gasteiger charge is 2.27. The molecule has 0 saturated carbocycles. The first kappa shape index (κ1) is 18.0. The molecule has 1 aromatic heterocycles. The van der Waals surface area contributed by atoms with E-state index in [-0.39, 0.29) is 11.8 Å². The van der Waals surface area contributed by atoms with E-state index in [2.05, 4.69) is 4.98 Å². The molecule has 0 unspecified atom stereocenters. The first-order chi connectivity index (χ1) is 12.4. The molecular formula is C20H25N3O3. The monoisotopic (exact) mass is 355 g/mol. The third-order valence-electron chi connectivity index (χ3n) is 5.14. The van der Waals surface area contributed by atoms with Crippen molar-refractivity contribution in [1.29, 1.82) is 0 Å². The lowest BCUT2D eigenvalue weighted by molar-refractivity contribution is 0.0532. The molecule has 1 N–H and O–H groups in total. The van der Waals surface area contributed by atoms with Crippen LogP contribution in [0, 0.1) is 20.8 Å². The summed E-state index contributed by atoms with van der Waals surface area (Å²) >= 11 is 0. The van der Waals surface area contributed by atoms with Crippen LogP contribution in [-0.4, -0.2) is 59.9 Å². The van der Waals surface area contributed by atoms with Gasteiger partial charge in [0.1, 0.15) is 11.4 Å². The number of nitrogens with one attached hydrogen (secondary N) is 1. The number of carbonyl (C=O) groups excluding carboxylic acids is 2. The number of ether oxygens (including phenoxy) is 1. The molecule has 138 valence electrons. The fourth-order valence-corrected chi connectivity index (χ4v) is 3.51. The molecule has 26 heavy (non-hydrogen) atoms. The van der Waals surface area contributed by atoms with E-state index in [0.717, 1.165) is 22.4 Å². The smallest absolute Gasteiger partial charge is 0.270 e. The molecule has 0 atom stereocenters. The normalized spacial score (nSPS) is 14.5. The predicted molar refractivity (Wildman–Crippen MR) is 99.8 cm³/mol. The van der Waals surface area contributed by atoms with Crippen molar-refractivity contribution in [3.05, 3.63) is 52.3 Å². The lowest BCUT2D eigenvalue weighted by atomic mass is 9.97. The Labute approximate surface area is 153 Å². The number of aromatic nitrogens is 1. The number of rotatable bonds is 3. The molecule has 0 aliphatic carbocycles. The molecule has 1 aliphatic rings. The third-order valence-corrected chi connectivity index (χ3v) is 5.14. The number of benzene rings is 1. The average molecular weight is 355 g/mol. The Morgan fingerprint density at radius 1 is 1.00 bits per heavy atom. The van der Waals surface area contributed by atoms with Crippen molar-refractivity contribution in [3.63, 3.8) is 0 Å². The van der Waals surface area contributed by atoms with Crippen LogP contribution in [0.15, 0.2) is 24.4 Å². The number of aryl methyl sites for hydroxylation is 1. The fraction of sp³-hybridized carbons (Fsp3) is 0.400. The summed E-state index contributed by atoms with van der Waals surface area (Å²) in [4.78, 5) is 32.0. The summed E-state index contributed by atoms with van der Waals surface area (Å²) in [5.74, 6) is 0.832. The summed E-state index contributed by atoms with van der Waals surface area (Å²) in [5, 5.41) is 0. The number of methoxy groups -OCH3 is 1. The van der Waals surface area contributed by atoms with Crippen LogP contribution >= 0.6 is 0 Å². The van der Waals surface area contributed by atoms with E-state index in [4.69, 9.17) is 4.74 Å². The molecule has 1 aromatic carbocycles. The maximum absolute atomic E-state index is 13.0. The molecule has 2 amide bonds. The molecule has 3 rings (SSSR count). The van der Waals surface area contributed by atoms with Gasteiger partial charge < -0.3 is 19.5 Å². The first-order valence-corrected chi connectivity index (χ1v) is 8.80. The van der Waals surface area contributed by atoms with Gasteiger partial charge in [0.15, 0.2) is 0 Å². The number of hydrogen-bond acceptors (Lipinski definition) is 3.